The highest BCUT2D eigenvalue weighted by Crippen LogP contribution is 2.20. The minimum Gasteiger partial charge on any atom is -0.481 e. The Morgan fingerprint density at radius 3 is 2.33 bits per heavy atom. The van der Waals surface area contributed by atoms with Crippen molar-refractivity contribution in [2.75, 3.05) is 7.11 Å². The Bertz CT molecular complexity index is 287. The molecule has 84 valence electrons. The van der Waals surface area contributed by atoms with Gasteiger partial charge in [-0.15, -0.1) is 0 Å². The maximum absolute atomic E-state index is 12.1. The fourth-order valence-electron chi connectivity index (χ4n) is 0.906. The predicted octanol–water partition coefficient (Wildman–Crippen LogP) is 0.655. The van der Waals surface area contributed by atoms with Crippen LogP contribution in [0.1, 0.15) is 6.42 Å². The van der Waals surface area contributed by atoms with E-state index in [1.807, 2.05) is 0 Å². The van der Waals surface area contributed by atoms with E-state index in [0.29, 0.717) is 0 Å². The molecule has 0 aromatic carbocycles. The lowest BCUT2D eigenvalue weighted by molar-refractivity contribution is -0.157. The van der Waals surface area contributed by atoms with Gasteiger partial charge in [0.1, 0.15) is 5.92 Å². The molecule has 0 aliphatic rings. The van der Waals surface area contributed by atoms with Gasteiger partial charge in [0.15, 0.2) is 5.92 Å². The number of hydrogen-bond acceptors (Lipinski definition) is 4. The normalized spacial score (nSPS) is 14.1. The Balaban J connectivity index is 4.62. The van der Waals surface area contributed by atoms with E-state index in [4.69, 9.17) is 10.4 Å². The fraction of sp³-hybridized carbons (Fsp3) is 0.625. The molecule has 2 atom stereocenters. The van der Waals surface area contributed by atoms with Crippen LogP contribution in [0, 0.1) is 23.2 Å². The van der Waals surface area contributed by atoms with Gasteiger partial charge in [-0.3, -0.25) is 9.59 Å². The number of ether oxygens (including phenoxy) is 1. The molecule has 0 bridgehead atoms. The Labute approximate surface area is 84.2 Å². The van der Waals surface area contributed by atoms with Gasteiger partial charge in [-0.1, -0.05) is 0 Å². The van der Waals surface area contributed by atoms with Crippen LogP contribution in [0.5, 0.6) is 0 Å². The number of carboxylic acid groups (broad SMARTS) is 1. The van der Waals surface area contributed by atoms with Crippen molar-refractivity contribution in [3.05, 3.63) is 0 Å². The van der Waals surface area contributed by atoms with Gasteiger partial charge >= 0.3 is 11.9 Å². The van der Waals surface area contributed by atoms with E-state index in [1.54, 1.807) is 0 Å². The van der Waals surface area contributed by atoms with Crippen molar-refractivity contribution in [3.8, 4) is 6.07 Å². The summed E-state index contributed by atoms with van der Waals surface area (Å²) >= 11 is 0. The van der Waals surface area contributed by atoms with Crippen LogP contribution < -0.4 is 0 Å². The fourth-order valence-corrected chi connectivity index (χ4v) is 0.906. The zero-order valence-corrected chi connectivity index (χ0v) is 7.81. The van der Waals surface area contributed by atoms with Crippen molar-refractivity contribution in [1.82, 2.24) is 0 Å². The second-order valence-corrected chi connectivity index (χ2v) is 2.72. The van der Waals surface area contributed by atoms with Crippen molar-refractivity contribution in [2.24, 2.45) is 11.8 Å². The molecular weight excluding hydrogens is 212 g/mol. The summed E-state index contributed by atoms with van der Waals surface area (Å²) in [5.41, 5.74) is 0. The van der Waals surface area contributed by atoms with E-state index < -0.39 is 36.6 Å². The number of alkyl halides is 2. The molecule has 15 heavy (non-hydrogen) atoms. The average Bonchev–Trinajstić information content (AvgIpc) is 2.17. The summed E-state index contributed by atoms with van der Waals surface area (Å²) in [5.74, 6) is -6.23. The van der Waals surface area contributed by atoms with Gasteiger partial charge in [-0.05, 0) is 6.42 Å². The number of rotatable bonds is 5. The summed E-state index contributed by atoms with van der Waals surface area (Å²) in [6, 6.07) is 1.24. The van der Waals surface area contributed by atoms with Gasteiger partial charge in [0, 0.05) is 0 Å². The SMILES string of the molecule is COC(=O)C(CC(C#N)C(F)F)C(=O)O. The van der Waals surface area contributed by atoms with Crippen molar-refractivity contribution in [1.29, 1.82) is 5.26 Å². The van der Waals surface area contributed by atoms with E-state index in [-0.39, 0.29) is 0 Å². The molecule has 0 radical (unpaired) electrons. The molecule has 0 aliphatic carbocycles. The minimum atomic E-state index is -2.98. The molecule has 0 aromatic rings. The maximum atomic E-state index is 12.1. The third-order valence-electron chi connectivity index (χ3n) is 1.74. The number of halogens is 2. The first kappa shape index (κ1) is 13.3. The van der Waals surface area contributed by atoms with Crippen LogP contribution in [0.2, 0.25) is 0 Å². The first-order valence-electron chi connectivity index (χ1n) is 3.92. The smallest absolute Gasteiger partial charge is 0.320 e. The summed E-state index contributed by atoms with van der Waals surface area (Å²) in [5, 5.41) is 16.9. The lowest BCUT2D eigenvalue weighted by atomic mass is 9.96. The number of nitrogens with zero attached hydrogens (tertiary/aromatic N) is 1. The first-order chi connectivity index (χ1) is 6.93. The molecule has 0 spiro atoms. The van der Waals surface area contributed by atoms with Gasteiger partial charge in [0.2, 0.25) is 0 Å². The molecule has 0 rings (SSSR count). The summed E-state index contributed by atoms with van der Waals surface area (Å²) in [4.78, 5) is 21.4. The number of aliphatic carboxylic acids is 1. The zero-order chi connectivity index (χ0) is 12.0. The van der Waals surface area contributed by atoms with E-state index in [2.05, 4.69) is 4.74 Å². The molecular formula is C8H9F2NO4. The van der Waals surface area contributed by atoms with Gasteiger partial charge in [0.25, 0.3) is 6.43 Å². The van der Waals surface area contributed by atoms with Gasteiger partial charge < -0.3 is 9.84 Å². The van der Waals surface area contributed by atoms with Crippen molar-refractivity contribution < 1.29 is 28.2 Å². The molecule has 0 saturated carbocycles. The van der Waals surface area contributed by atoms with Crippen LogP contribution in [0.3, 0.4) is 0 Å². The molecule has 0 fully saturated rings. The molecule has 5 nitrogen and oxygen atoms in total. The zero-order valence-electron chi connectivity index (χ0n) is 7.81. The molecule has 2 unspecified atom stereocenters. The molecule has 0 aliphatic heterocycles. The van der Waals surface area contributed by atoms with Gasteiger partial charge in [-0.25, -0.2) is 8.78 Å². The lowest BCUT2D eigenvalue weighted by Crippen LogP contribution is -2.29. The number of carboxylic acids is 1. The summed E-state index contributed by atoms with van der Waals surface area (Å²) in [7, 11) is 0.946. The second kappa shape index (κ2) is 5.90. The van der Waals surface area contributed by atoms with Crippen LogP contribution in [0.4, 0.5) is 8.78 Å². The Kier molecular flexibility index (Phi) is 5.23. The highest BCUT2D eigenvalue weighted by atomic mass is 19.3. The highest BCUT2D eigenvalue weighted by molar-refractivity contribution is 5.93. The largest absolute Gasteiger partial charge is 0.481 e. The number of nitriles is 1. The van der Waals surface area contributed by atoms with Crippen LogP contribution in [0.25, 0.3) is 0 Å². The quantitative estimate of drug-likeness (QED) is 0.544. The second-order valence-electron chi connectivity index (χ2n) is 2.72. The maximum Gasteiger partial charge on any atom is 0.320 e. The minimum absolute atomic E-state index is 0.754. The molecule has 1 N–H and O–H groups in total. The number of hydrogen-bond donors (Lipinski definition) is 1. The third kappa shape index (κ3) is 3.89. The van der Waals surface area contributed by atoms with E-state index in [1.165, 1.54) is 6.07 Å². The molecule has 7 heteroatoms. The van der Waals surface area contributed by atoms with Crippen molar-refractivity contribution in [2.45, 2.75) is 12.8 Å². The van der Waals surface area contributed by atoms with Crippen LogP contribution in [-0.4, -0.2) is 30.6 Å². The van der Waals surface area contributed by atoms with Gasteiger partial charge in [0.05, 0.1) is 13.2 Å². The summed E-state index contributed by atoms with van der Waals surface area (Å²) in [6.07, 6.45) is -3.74. The topological polar surface area (TPSA) is 87.4 Å². The molecule has 0 aromatic heterocycles. The van der Waals surface area contributed by atoms with Crippen molar-refractivity contribution in [3.63, 3.8) is 0 Å². The van der Waals surface area contributed by atoms with Crippen molar-refractivity contribution >= 4 is 11.9 Å². The average molecular weight is 221 g/mol. The number of methoxy groups -OCH3 is 1. The third-order valence-corrected chi connectivity index (χ3v) is 1.74. The number of carbonyl (C=O) groups is 2. The lowest BCUT2D eigenvalue weighted by Gasteiger charge is -2.12. The summed E-state index contributed by atoms with van der Waals surface area (Å²) in [6.45, 7) is 0. The predicted molar refractivity (Wildman–Crippen MR) is 42.9 cm³/mol. The van der Waals surface area contributed by atoms with E-state index in [0.717, 1.165) is 7.11 Å². The van der Waals surface area contributed by atoms with E-state index >= 15 is 0 Å². The molecule has 0 saturated heterocycles. The van der Waals surface area contributed by atoms with Crippen LogP contribution >= 0.6 is 0 Å². The summed E-state index contributed by atoms with van der Waals surface area (Å²) < 4.78 is 28.4. The highest BCUT2D eigenvalue weighted by Gasteiger charge is 2.33. The Hall–Kier alpha value is -1.71. The van der Waals surface area contributed by atoms with Gasteiger partial charge in [-0.2, -0.15) is 5.26 Å². The molecule has 0 amide bonds. The van der Waals surface area contributed by atoms with Crippen LogP contribution in [0.15, 0.2) is 0 Å². The molecule has 0 heterocycles. The monoisotopic (exact) mass is 221 g/mol. The first-order valence-corrected chi connectivity index (χ1v) is 3.92. The number of carbonyl (C=O) groups excluding carboxylic acids is 1. The Morgan fingerprint density at radius 1 is 1.53 bits per heavy atom. The standard InChI is InChI=1S/C8H9F2NO4/c1-15-8(14)5(7(12)13)2-4(3-11)6(9)10/h4-6H,2H2,1H3,(H,12,13). The van der Waals surface area contributed by atoms with E-state index in [9.17, 15) is 18.4 Å². The Morgan fingerprint density at radius 2 is 2.07 bits per heavy atom. The van der Waals surface area contributed by atoms with Crippen LogP contribution in [-0.2, 0) is 14.3 Å². The number of esters is 1.